The predicted octanol–water partition coefficient (Wildman–Crippen LogP) is 4.66. The van der Waals surface area contributed by atoms with Crippen LogP contribution in [-0.4, -0.2) is 23.0 Å². The van der Waals surface area contributed by atoms with Crippen LogP contribution in [0, 0.1) is 0 Å². The van der Waals surface area contributed by atoms with Gasteiger partial charge < -0.3 is 0 Å². The van der Waals surface area contributed by atoms with Gasteiger partial charge in [-0.1, -0.05) is 24.3 Å². The summed E-state index contributed by atoms with van der Waals surface area (Å²) in [4.78, 5) is 0. The van der Waals surface area contributed by atoms with Crippen molar-refractivity contribution in [2.45, 2.75) is 37.2 Å². The maximum Gasteiger partial charge on any atom is 0.133 e. The van der Waals surface area contributed by atoms with E-state index in [-0.39, 0.29) is 0 Å². The first-order valence-corrected chi connectivity index (χ1v) is 12.1. The lowest BCUT2D eigenvalue weighted by molar-refractivity contribution is 0.949. The molecule has 2 aromatic rings. The Morgan fingerprint density at radius 3 is 1.41 bits per heavy atom. The van der Waals surface area contributed by atoms with Gasteiger partial charge in [-0.3, -0.25) is 0 Å². The molecule has 0 aliphatic carbocycles. The van der Waals surface area contributed by atoms with Crippen molar-refractivity contribution >= 4 is 32.6 Å². The first-order chi connectivity index (χ1) is 10.9. The third-order valence-corrected chi connectivity index (χ3v) is 9.89. The minimum Gasteiger partial charge on any atom is -0.0539 e. The van der Waals surface area contributed by atoms with Crippen molar-refractivity contribution in [2.75, 3.05) is 23.0 Å². The van der Waals surface area contributed by atoms with E-state index in [2.05, 4.69) is 36.4 Å². The zero-order valence-electron chi connectivity index (χ0n) is 13.4. The first kappa shape index (κ1) is 15.0. The highest BCUT2D eigenvalue weighted by molar-refractivity contribution is 7.96. The van der Waals surface area contributed by atoms with Gasteiger partial charge >= 0.3 is 0 Å². The Labute approximate surface area is 140 Å². The van der Waals surface area contributed by atoms with Crippen LogP contribution in [0.2, 0.25) is 0 Å². The van der Waals surface area contributed by atoms with Crippen molar-refractivity contribution in [1.29, 1.82) is 0 Å². The molecule has 0 nitrogen and oxygen atoms in total. The Morgan fingerprint density at radius 1 is 0.591 bits per heavy atom. The Kier molecular flexibility index (Phi) is 4.68. The minimum atomic E-state index is 0.672. The minimum absolute atomic E-state index is 0.672. The molecule has 0 unspecified atom stereocenters. The van der Waals surface area contributed by atoms with Gasteiger partial charge in [0.15, 0.2) is 0 Å². The lowest BCUT2D eigenvalue weighted by atomic mass is 10.1. The summed E-state index contributed by atoms with van der Waals surface area (Å²) in [5, 5.41) is 2.89. The van der Waals surface area contributed by atoms with E-state index in [1.165, 1.54) is 71.0 Å². The zero-order valence-corrected chi connectivity index (χ0v) is 15.0. The number of rotatable bonds is 4. The second-order valence-corrected chi connectivity index (χ2v) is 11.4. The highest BCUT2D eigenvalue weighted by Crippen LogP contribution is 2.25. The second kappa shape index (κ2) is 6.88. The topological polar surface area (TPSA) is 0 Å². The molecule has 2 aromatic carbocycles. The van der Waals surface area contributed by atoms with Gasteiger partial charge in [-0.15, -0.1) is 0 Å². The average molecular weight is 331 g/mol. The molecule has 0 bridgehead atoms. The first-order valence-electron chi connectivity index (χ1n) is 8.67. The summed E-state index contributed by atoms with van der Waals surface area (Å²) < 4.78 is 0. The fourth-order valence-corrected chi connectivity index (χ4v) is 8.45. The highest BCUT2D eigenvalue weighted by Gasteiger charge is 2.25. The van der Waals surface area contributed by atoms with Gasteiger partial charge in [0.1, 0.15) is 34.5 Å². The van der Waals surface area contributed by atoms with Gasteiger partial charge in [0.25, 0.3) is 0 Å². The van der Waals surface area contributed by atoms with Crippen molar-refractivity contribution in [2.24, 2.45) is 0 Å². The summed E-state index contributed by atoms with van der Waals surface area (Å²) in [5.41, 5.74) is 3.12. The largest absolute Gasteiger partial charge is 0.133 e. The Morgan fingerprint density at radius 2 is 1.00 bits per heavy atom. The van der Waals surface area contributed by atoms with E-state index >= 15 is 0 Å². The molecule has 116 valence electrons. The molecular weight excluding hydrogens is 304 g/mol. The van der Waals surface area contributed by atoms with Gasteiger partial charge in [0.05, 0.1) is 0 Å². The quantitative estimate of drug-likeness (QED) is 0.715. The molecule has 0 amide bonds. The molecule has 0 saturated carbocycles. The molecule has 0 aromatic heterocycles. The van der Waals surface area contributed by atoms with Crippen LogP contribution < -0.4 is 0 Å². The number of benzene rings is 2. The molecule has 2 heteroatoms. The molecule has 2 aliphatic heterocycles. The molecule has 2 fully saturated rings. The van der Waals surface area contributed by atoms with Crippen molar-refractivity contribution in [3.63, 3.8) is 0 Å². The van der Waals surface area contributed by atoms with E-state index in [9.17, 15) is 0 Å². The fraction of sp³-hybridized carbons (Fsp3) is 0.500. The van der Waals surface area contributed by atoms with Crippen LogP contribution >= 0.6 is 0 Å². The zero-order chi connectivity index (χ0) is 14.8. The summed E-state index contributed by atoms with van der Waals surface area (Å²) in [7, 11) is 1.34. The maximum atomic E-state index is 2.45. The lowest BCUT2D eigenvalue weighted by Gasteiger charge is -2.06. The van der Waals surface area contributed by atoms with E-state index in [4.69, 9.17) is 0 Å². The Hall–Kier alpha value is -0.600. The van der Waals surface area contributed by atoms with Crippen molar-refractivity contribution in [1.82, 2.24) is 0 Å². The molecular formula is C20H26S2+2. The van der Waals surface area contributed by atoms with Crippen LogP contribution in [0.5, 0.6) is 0 Å². The molecule has 0 radical (unpaired) electrons. The molecule has 2 saturated heterocycles. The van der Waals surface area contributed by atoms with Crippen molar-refractivity contribution in [3.05, 3.63) is 47.5 Å². The number of hydrogen-bond acceptors (Lipinski definition) is 0. The second-order valence-electron chi connectivity index (χ2n) is 6.76. The van der Waals surface area contributed by atoms with Crippen molar-refractivity contribution in [3.8, 4) is 0 Å². The summed E-state index contributed by atoms with van der Waals surface area (Å²) >= 11 is 0. The monoisotopic (exact) mass is 330 g/mol. The molecule has 2 heterocycles. The summed E-state index contributed by atoms with van der Waals surface area (Å²) in [6, 6.07) is 14.4. The SMILES string of the molecule is c1cc2cc(C[S+]3CCCC3)ccc2cc1C[S+]1CCCC1. The third kappa shape index (κ3) is 3.49. The van der Waals surface area contributed by atoms with Gasteiger partial charge in [-0.05, 0) is 70.4 Å². The smallest absolute Gasteiger partial charge is 0.0539 e. The lowest BCUT2D eigenvalue weighted by Crippen LogP contribution is -2.07. The van der Waals surface area contributed by atoms with Crippen LogP contribution in [0.4, 0.5) is 0 Å². The molecule has 0 atom stereocenters. The van der Waals surface area contributed by atoms with Gasteiger partial charge in [-0.2, -0.15) is 0 Å². The van der Waals surface area contributed by atoms with Crippen molar-refractivity contribution < 1.29 is 0 Å². The standard InChI is InChI=1S/C20H26S2/c1-2-10-21(9-1)15-17-5-7-20-14-18(6-8-19(20)13-17)16-22-11-3-4-12-22/h5-8,13-14H,1-4,9-12,15-16H2/q+2. The van der Waals surface area contributed by atoms with E-state index in [0.717, 1.165) is 0 Å². The Balaban J connectivity index is 1.50. The number of fused-ring (bicyclic) bond motifs is 1. The van der Waals surface area contributed by atoms with E-state index in [0.29, 0.717) is 21.8 Å². The molecule has 22 heavy (non-hydrogen) atoms. The third-order valence-electron chi connectivity index (χ3n) is 4.94. The highest BCUT2D eigenvalue weighted by atomic mass is 32.2. The molecule has 4 rings (SSSR count). The van der Waals surface area contributed by atoms with Crippen LogP contribution in [0.15, 0.2) is 36.4 Å². The maximum absolute atomic E-state index is 2.45. The van der Waals surface area contributed by atoms with Gasteiger partial charge in [0.2, 0.25) is 0 Å². The average Bonchev–Trinajstić information content (AvgIpc) is 3.21. The normalized spacial score (nSPS) is 20.2. The fourth-order valence-electron chi connectivity index (χ4n) is 3.71. The van der Waals surface area contributed by atoms with Crippen LogP contribution in [0.3, 0.4) is 0 Å². The van der Waals surface area contributed by atoms with Gasteiger partial charge in [0, 0.05) is 11.1 Å². The summed E-state index contributed by atoms with van der Waals surface area (Å²) in [6.45, 7) is 0. The molecule has 2 aliphatic rings. The van der Waals surface area contributed by atoms with Crippen LogP contribution in [0.1, 0.15) is 36.8 Å². The molecule has 0 spiro atoms. The number of hydrogen-bond donors (Lipinski definition) is 0. The summed E-state index contributed by atoms with van der Waals surface area (Å²) in [6.07, 6.45) is 5.84. The summed E-state index contributed by atoms with van der Waals surface area (Å²) in [5.74, 6) is 8.53. The predicted molar refractivity (Wildman–Crippen MR) is 104 cm³/mol. The van der Waals surface area contributed by atoms with Crippen LogP contribution in [-0.2, 0) is 33.3 Å². The Bertz CT molecular complexity index is 580. The van der Waals surface area contributed by atoms with E-state index in [1.807, 2.05) is 0 Å². The van der Waals surface area contributed by atoms with E-state index in [1.54, 1.807) is 11.1 Å². The van der Waals surface area contributed by atoms with E-state index < -0.39 is 0 Å². The van der Waals surface area contributed by atoms with Gasteiger partial charge in [-0.25, -0.2) is 0 Å². The molecule has 0 N–H and O–H groups in total. The van der Waals surface area contributed by atoms with Crippen LogP contribution in [0.25, 0.3) is 10.8 Å².